The van der Waals surface area contributed by atoms with Gasteiger partial charge in [-0.3, -0.25) is 9.88 Å². The van der Waals surface area contributed by atoms with Gasteiger partial charge in [-0.05, 0) is 64.2 Å². The maximum atomic E-state index is 9.48. The van der Waals surface area contributed by atoms with Crippen LogP contribution in [0.4, 0.5) is 5.69 Å². The van der Waals surface area contributed by atoms with Crippen molar-refractivity contribution in [3.63, 3.8) is 0 Å². The van der Waals surface area contributed by atoms with E-state index in [2.05, 4.69) is 56.8 Å². The molecule has 5 rings (SSSR count). The third-order valence-corrected chi connectivity index (χ3v) is 7.61. The number of likely N-dealkylation sites (N-methyl/N-ethyl adjacent to an activating group) is 1. The Morgan fingerprint density at radius 3 is 2.42 bits per heavy atom. The number of hydrogen-bond acceptors (Lipinski definition) is 7. The molecule has 0 saturated carbocycles. The first-order chi connectivity index (χ1) is 16.1. The first kappa shape index (κ1) is 30.9. The monoisotopic (exact) mass is 556 g/mol. The van der Waals surface area contributed by atoms with Gasteiger partial charge in [0, 0.05) is 69.1 Å². The molecule has 7 nitrogen and oxygen atoms in total. The molecule has 3 aliphatic heterocycles. The second-order valence-electron chi connectivity index (χ2n) is 9.99. The molecular formula is C26H39Cl3N6O. The number of piperazine rings is 1. The number of fused-ring (bicyclic) bond motifs is 1. The fraction of sp³-hybridized carbons (Fsp3) is 0.615. The molecule has 0 bridgehead atoms. The lowest BCUT2D eigenvalue weighted by Crippen LogP contribution is -2.55. The predicted molar refractivity (Wildman–Crippen MR) is 153 cm³/mol. The number of pyridine rings is 1. The fourth-order valence-electron chi connectivity index (χ4n) is 5.81. The number of rotatable bonds is 4. The second kappa shape index (κ2) is 14.0. The van der Waals surface area contributed by atoms with E-state index in [1.807, 2.05) is 12.1 Å². The summed E-state index contributed by atoms with van der Waals surface area (Å²) in [4.78, 5) is 14.7. The van der Waals surface area contributed by atoms with Gasteiger partial charge in [0.1, 0.15) is 6.07 Å². The van der Waals surface area contributed by atoms with Crippen LogP contribution in [-0.2, 0) is 4.74 Å². The Kier molecular flexibility index (Phi) is 12.0. The molecule has 0 N–H and O–H groups in total. The highest BCUT2D eigenvalue weighted by Crippen LogP contribution is 2.30. The summed E-state index contributed by atoms with van der Waals surface area (Å²) in [6.07, 6.45) is 4.66. The highest BCUT2D eigenvalue weighted by Gasteiger charge is 2.31. The number of nitrogens with zero attached hydrogens (tertiary/aromatic N) is 6. The Hall–Kier alpha value is -1.37. The van der Waals surface area contributed by atoms with Crippen molar-refractivity contribution in [2.24, 2.45) is 0 Å². The maximum Gasteiger partial charge on any atom is 0.101 e. The van der Waals surface area contributed by atoms with Crippen LogP contribution in [0, 0.1) is 11.3 Å². The van der Waals surface area contributed by atoms with Crippen LogP contribution in [-0.4, -0.2) is 104 Å². The summed E-state index contributed by atoms with van der Waals surface area (Å²) < 4.78 is 6.39. The number of likely N-dealkylation sites (tertiary alicyclic amines) is 1. The molecule has 3 saturated heterocycles. The van der Waals surface area contributed by atoms with Gasteiger partial charge in [-0.1, -0.05) is 0 Å². The molecule has 0 radical (unpaired) electrons. The molecule has 3 fully saturated rings. The highest BCUT2D eigenvalue weighted by molar-refractivity contribution is 5.95. The third-order valence-electron chi connectivity index (χ3n) is 7.61. The molecule has 2 atom stereocenters. The predicted octanol–water partition coefficient (Wildman–Crippen LogP) is 3.68. The summed E-state index contributed by atoms with van der Waals surface area (Å²) in [6, 6.07) is 11.1. The van der Waals surface area contributed by atoms with E-state index in [0.717, 1.165) is 55.4 Å². The summed E-state index contributed by atoms with van der Waals surface area (Å²) in [5, 5.41) is 10.5. The minimum atomic E-state index is 0. The average molecular weight is 558 g/mol. The van der Waals surface area contributed by atoms with Gasteiger partial charge in [0.15, 0.2) is 0 Å². The number of ether oxygens (including phenoxy) is 1. The summed E-state index contributed by atoms with van der Waals surface area (Å²) in [7, 11) is 2.23. The first-order valence-electron chi connectivity index (χ1n) is 12.4. The number of aromatic nitrogens is 1. The van der Waals surface area contributed by atoms with Crippen LogP contribution in [0.2, 0.25) is 0 Å². The minimum Gasteiger partial charge on any atom is -0.370 e. The van der Waals surface area contributed by atoms with E-state index in [-0.39, 0.29) is 49.4 Å². The van der Waals surface area contributed by atoms with Crippen LogP contribution in [0.25, 0.3) is 10.9 Å². The number of morpholine rings is 1. The van der Waals surface area contributed by atoms with Gasteiger partial charge in [0.2, 0.25) is 0 Å². The normalized spacial score (nSPS) is 24.3. The third kappa shape index (κ3) is 6.93. The van der Waals surface area contributed by atoms with Crippen molar-refractivity contribution in [2.75, 3.05) is 70.9 Å². The van der Waals surface area contributed by atoms with E-state index in [1.165, 1.54) is 39.0 Å². The fourth-order valence-corrected chi connectivity index (χ4v) is 5.81. The summed E-state index contributed by atoms with van der Waals surface area (Å²) in [5.41, 5.74) is 2.58. The van der Waals surface area contributed by atoms with Gasteiger partial charge >= 0.3 is 0 Å². The molecule has 0 aliphatic carbocycles. The maximum absolute atomic E-state index is 9.48. The average Bonchev–Trinajstić information content (AvgIpc) is 2.84. The van der Waals surface area contributed by atoms with Crippen molar-refractivity contribution in [3.05, 3.63) is 36.0 Å². The van der Waals surface area contributed by atoms with Crippen LogP contribution < -0.4 is 4.90 Å². The topological polar surface area (TPSA) is 58.9 Å². The minimum absolute atomic E-state index is 0. The van der Waals surface area contributed by atoms with Gasteiger partial charge < -0.3 is 19.4 Å². The Morgan fingerprint density at radius 1 is 1.00 bits per heavy atom. The van der Waals surface area contributed by atoms with Gasteiger partial charge in [-0.25, -0.2) is 0 Å². The zero-order valence-electron chi connectivity index (χ0n) is 21.2. The SMILES string of the molecule is C[C@@H]1CN(c2ccc(C#N)c3ncccc23)C[C@H](CN2CCC(N3CCN(C)CC3)CC2)O1.Cl.Cl.Cl. The van der Waals surface area contributed by atoms with Crippen LogP contribution in [0.1, 0.15) is 25.3 Å². The number of nitriles is 1. The van der Waals surface area contributed by atoms with Crippen molar-refractivity contribution in [3.8, 4) is 6.07 Å². The lowest BCUT2D eigenvalue weighted by atomic mass is 10.0. The summed E-state index contributed by atoms with van der Waals surface area (Å²) >= 11 is 0. The molecule has 0 unspecified atom stereocenters. The second-order valence-corrected chi connectivity index (χ2v) is 9.99. The van der Waals surface area contributed by atoms with Crippen LogP contribution >= 0.6 is 37.2 Å². The molecule has 1 aromatic carbocycles. The Labute approximate surface area is 234 Å². The van der Waals surface area contributed by atoms with E-state index < -0.39 is 0 Å². The molecule has 200 valence electrons. The molecule has 10 heteroatoms. The van der Waals surface area contributed by atoms with E-state index >= 15 is 0 Å². The van der Waals surface area contributed by atoms with Gasteiger partial charge in [0.05, 0.1) is 23.3 Å². The molecular weight excluding hydrogens is 519 g/mol. The van der Waals surface area contributed by atoms with Gasteiger partial charge in [-0.2, -0.15) is 5.26 Å². The molecule has 0 spiro atoms. The van der Waals surface area contributed by atoms with E-state index in [4.69, 9.17) is 4.74 Å². The Morgan fingerprint density at radius 2 is 1.72 bits per heavy atom. The molecule has 3 aliphatic rings. The molecule has 2 aromatic rings. The van der Waals surface area contributed by atoms with Crippen LogP contribution in [0.3, 0.4) is 0 Å². The van der Waals surface area contributed by atoms with E-state index in [0.29, 0.717) is 5.56 Å². The Bertz CT molecular complexity index is 1000. The van der Waals surface area contributed by atoms with Crippen molar-refractivity contribution in [2.45, 2.75) is 38.0 Å². The molecule has 0 amide bonds. The number of anilines is 1. The Balaban J connectivity index is 0.00000152. The standard InChI is InChI=1S/C26H36N6O.3ClH/c1-20-17-32(25-6-5-21(16-27)26-24(25)4-3-9-28-26)19-23(33-20)18-30-10-7-22(8-11-30)31-14-12-29(2)13-15-31;;;/h3-6,9,20,22-23H,7-8,10-15,17-19H2,1-2H3;3*1H/t20-,23+;;;/m1.../s1. The smallest absolute Gasteiger partial charge is 0.101 e. The number of piperidine rings is 1. The first-order valence-corrected chi connectivity index (χ1v) is 12.4. The van der Waals surface area contributed by atoms with E-state index in [1.54, 1.807) is 6.20 Å². The molecule has 1 aromatic heterocycles. The van der Waals surface area contributed by atoms with Crippen molar-refractivity contribution in [1.29, 1.82) is 5.26 Å². The zero-order chi connectivity index (χ0) is 22.8. The number of benzene rings is 1. The van der Waals surface area contributed by atoms with Gasteiger partial charge in [-0.15, -0.1) is 37.2 Å². The van der Waals surface area contributed by atoms with Crippen LogP contribution in [0.15, 0.2) is 30.5 Å². The van der Waals surface area contributed by atoms with E-state index in [9.17, 15) is 5.26 Å². The summed E-state index contributed by atoms with van der Waals surface area (Å²) in [5.74, 6) is 0. The zero-order valence-corrected chi connectivity index (χ0v) is 23.7. The largest absolute Gasteiger partial charge is 0.370 e. The van der Waals surface area contributed by atoms with Crippen molar-refractivity contribution >= 4 is 53.8 Å². The van der Waals surface area contributed by atoms with Crippen molar-refractivity contribution < 1.29 is 4.74 Å². The van der Waals surface area contributed by atoms with Gasteiger partial charge in [0.25, 0.3) is 0 Å². The summed E-state index contributed by atoms with van der Waals surface area (Å²) in [6.45, 7) is 12.0. The number of hydrogen-bond donors (Lipinski definition) is 0. The number of halogens is 3. The van der Waals surface area contributed by atoms with Crippen LogP contribution in [0.5, 0.6) is 0 Å². The molecule has 36 heavy (non-hydrogen) atoms. The van der Waals surface area contributed by atoms with Crippen molar-refractivity contribution in [1.82, 2.24) is 19.7 Å². The lowest BCUT2D eigenvalue weighted by molar-refractivity contribution is -0.0385. The lowest BCUT2D eigenvalue weighted by Gasteiger charge is -2.44. The highest BCUT2D eigenvalue weighted by atomic mass is 35.5. The quantitative estimate of drug-likeness (QED) is 0.568. The molecule has 4 heterocycles.